The molecule has 2 atom stereocenters. The quantitative estimate of drug-likeness (QED) is 0.0513. The molecule has 0 spiro atoms. The number of carbonyl (C=O) groups is 1. The second-order valence-corrected chi connectivity index (χ2v) is 13.0. The van der Waals surface area contributed by atoms with Crippen molar-refractivity contribution in [3.8, 4) is 0 Å². The topological polar surface area (TPSA) is 69.6 Å². The molecule has 0 heterocycles. The minimum atomic E-state index is -0.831. The standard InChI is InChI=1S/C38H75NO3/c1-3-5-7-9-11-13-14-15-16-17-18-19-20-21-22-23-24-25-26-27-29-31-33-37(41)36(35-40)39-38(42)34-32-30-28-12-10-8-6-4-2/h31,33,36-37,40-41H,3-30,32,34-35H2,1-2H3,(H,39,42)/b33-31+. The molecule has 0 aromatic carbocycles. The molecule has 0 bridgehead atoms. The van der Waals surface area contributed by atoms with Gasteiger partial charge in [0.25, 0.3) is 0 Å². The summed E-state index contributed by atoms with van der Waals surface area (Å²) in [6.07, 6.45) is 41.7. The summed E-state index contributed by atoms with van der Waals surface area (Å²) in [6.45, 7) is 4.28. The van der Waals surface area contributed by atoms with Gasteiger partial charge in [0.2, 0.25) is 5.91 Å². The fourth-order valence-corrected chi connectivity index (χ4v) is 5.82. The fourth-order valence-electron chi connectivity index (χ4n) is 5.82. The minimum Gasteiger partial charge on any atom is -0.394 e. The number of nitrogens with one attached hydrogen (secondary N) is 1. The van der Waals surface area contributed by atoms with E-state index in [9.17, 15) is 15.0 Å². The Hall–Kier alpha value is -0.870. The molecule has 0 radical (unpaired) electrons. The van der Waals surface area contributed by atoms with Crippen LogP contribution in [0.4, 0.5) is 0 Å². The van der Waals surface area contributed by atoms with Crippen LogP contribution in [0.5, 0.6) is 0 Å². The van der Waals surface area contributed by atoms with Crippen molar-refractivity contribution in [2.45, 2.75) is 219 Å². The summed E-state index contributed by atoms with van der Waals surface area (Å²) in [4.78, 5) is 12.2. The van der Waals surface area contributed by atoms with Crippen LogP contribution in [0, 0.1) is 0 Å². The van der Waals surface area contributed by atoms with E-state index in [4.69, 9.17) is 0 Å². The molecule has 250 valence electrons. The first kappa shape index (κ1) is 41.1. The monoisotopic (exact) mass is 594 g/mol. The van der Waals surface area contributed by atoms with Crippen LogP contribution in [0.15, 0.2) is 12.2 Å². The van der Waals surface area contributed by atoms with Gasteiger partial charge in [0, 0.05) is 6.42 Å². The Balaban J connectivity index is 3.50. The molecule has 0 fully saturated rings. The molecule has 42 heavy (non-hydrogen) atoms. The largest absolute Gasteiger partial charge is 0.394 e. The number of allylic oxidation sites excluding steroid dienone is 1. The molecule has 0 saturated carbocycles. The van der Waals surface area contributed by atoms with Crippen LogP contribution < -0.4 is 5.32 Å². The third-order valence-electron chi connectivity index (χ3n) is 8.77. The lowest BCUT2D eigenvalue weighted by Gasteiger charge is -2.20. The Morgan fingerprint density at radius 1 is 0.548 bits per heavy atom. The normalized spacial score (nSPS) is 13.1. The maximum atomic E-state index is 12.2. The van der Waals surface area contributed by atoms with Crippen molar-refractivity contribution >= 4 is 5.91 Å². The van der Waals surface area contributed by atoms with Crippen LogP contribution in [0.25, 0.3) is 0 Å². The Morgan fingerprint density at radius 2 is 0.881 bits per heavy atom. The van der Waals surface area contributed by atoms with Gasteiger partial charge in [0.15, 0.2) is 0 Å². The number of rotatable bonds is 34. The highest BCUT2D eigenvalue weighted by Gasteiger charge is 2.17. The summed E-state index contributed by atoms with van der Waals surface area (Å²) in [6, 6.07) is -0.613. The van der Waals surface area contributed by atoms with E-state index in [1.54, 1.807) is 6.08 Å². The summed E-state index contributed by atoms with van der Waals surface area (Å²) < 4.78 is 0. The van der Waals surface area contributed by atoms with E-state index < -0.39 is 12.1 Å². The van der Waals surface area contributed by atoms with Crippen molar-refractivity contribution in [2.24, 2.45) is 0 Å². The van der Waals surface area contributed by atoms with E-state index in [1.165, 1.54) is 161 Å². The molecule has 0 aliphatic heterocycles. The Morgan fingerprint density at radius 3 is 1.24 bits per heavy atom. The van der Waals surface area contributed by atoms with Crippen molar-refractivity contribution in [3.05, 3.63) is 12.2 Å². The predicted octanol–water partition coefficient (Wildman–Crippen LogP) is 11.1. The molecular weight excluding hydrogens is 518 g/mol. The van der Waals surface area contributed by atoms with E-state index >= 15 is 0 Å². The molecule has 0 rings (SSSR count). The van der Waals surface area contributed by atoms with Crippen LogP contribution in [-0.4, -0.2) is 34.9 Å². The second kappa shape index (κ2) is 34.6. The van der Waals surface area contributed by atoms with E-state index in [1.807, 2.05) is 6.08 Å². The first-order valence-corrected chi connectivity index (χ1v) is 18.9. The van der Waals surface area contributed by atoms with Crippen molar-refractivity contribution in [1.82, 2.24) is 5.32 Å². The molecule has 0 aliphatic carbocycles. The minimum absolute atomic E-state index is 0.0680. The van der Waals surface area contributed by atoms with Crippen LogP contribution >= 0.6 is 0 Å². The SMILES string of the molecule is CCCCCCCCCCCCCCCCCCCCCC/C=C/C(O)C(CO)NC(=O)CCCCCCCCCC. The zero-order valence-corrected chi connectivity index (χ0v) is 28.5. The van der Waals surface area contributed by atoms with E-state index in [-0.39, 0.29) is 12.5 Å². The number of aliphatic hydroxyl groups is 2. The lowest BCUT2D eigenvalue weighted by molar-refractivity contribution is -0.123. The average Bonchev–Trinajstić information content (AvgIpc) is 2.99. The summed E-state index contributed by atoms with van der Waals surface area (Å²) >= 11 is 0. The highest BCUT2D eigenvalue weighted by molar-refractivity contribution is 5.76. The van der Waals surface area contributed by atoms with Crippen molar-refractivity contribution in [1.29, 1.82) is 0 Å². The molecule has 0 aliphatic rings. The van der Waals surface area contributed by atoms with Gasteiger partial charge in [0.1, 0.15) is 0 Å². The van der Waals surface area contributed by atoms with Gasteiger partial charge in [-0.3, -0.25) is 4.79 Å². The summed E-state index contributed by atoms with van der Waals surface area (Å²) in [5, 5.41) is 22.8. The van der Waals surface area contributed by atoms with Crippen molar-refractivity contribution in [2.75, 3.05) is 6.61 Å². The predicted molar refractivity (Wildman–Crippen MR) is 184 cm³/mol. The van der Waals surface area contributed by atoms with E-state index in [0.717, 1.165) is 25.7 Å². The molecule has 3 N–H and O–H groups in total. The summed E-state index contributed by atoms with van der Waals surface area (Å²) in [5.41, 5.74) is 0. The molecule has 4 heteroatoms. The zero-order valence-electron chi connectivity index (χ0n) is 28.5. The van der Waals surface area contributed by atoms with Gasteiger partial charge in [-0.15, -0.1) is 0 Å². The average molecular weight is 594 g/mol. The maximum absolute atomic E-state index is 12.2. The second-order valence-electron chi connectivity index (χ2n) is 13.0. The first-order chi connectivity index (χ1) is 20.7. The van der Waals surface area contributed by atoms with E-state index in [2.05, 4.69) is 19.2 Å². The molecule has 0 aromatic heterocycles. The molecule has 4 nitrogen and oxygen atoms in total. The molecule has 0 aromatic rings. The van der Waals surface area contributed by atoms with Crippen LogP contribution in [-0.2, 0) is 4.79 Å². The zero-order chi connectivity index (χ0) is 30.8. The number of hydrogen-bond acceptors (Lipinski definition) is 3. The Kier molecular flexibility index (Phi) is 33.9. The number of hydrogen-bond donors (Lipinski definition) is 3. The van der Waals surface area contributed by atoms with Gasteiger partial charge in [-0.1, -0.05) is 193 Å². The van der Waals surface area contributed by atoms with Gasteiger partial charge < -0.3 is 15.5 Å². The van der Waals surface area contributed by atoms with Crippen molar-refractivity contribution in [3.63, 3.8) is 0 Å². The Bertz CT molecular complexity index is 565. The van der Waals surface area contributed by atoms with E-state index in [0.29, 0.717) is 6.42 Å². The Labute approximate surface area is 263 Å². The third-order valence-corrected chi connectivity index (χ3v) is 8.77. The van der Waals surface area contributed by atoms with Crippen LogP contribution in [0.1, 0.15) is 206 Å². The fraction of sp³-hybridized carbons (Fsp3) is 0.921. The smallest absolute Gasteiger partial charge is 0.220 e. The lowest BCUT2D eigenvalue weighted by Crippen LogP contribution is -2.45. The maximum Gasteiger partial charge on any atom is 0.220 e. The third kappa shape index (κ3) is 30.6. The van der Waals surface area contributed by atoms with Gasteiger partial charge in [-0.2, -0.15) is 0 Å². The summed E-state index contributed by atoms with van der Waals surface area (Å²) in [5.74, 6) is -0.0680. The highest BCUT2D eigenvalue weighted by Crippen LogP contribution is 2.15. The first-order valence-electron chi connectivity index (χ1n) is 18.9. The molecule has 1 amide bonds. The van der Waals surface area contributed by atoms with Gasteiger partial charge in [-0.25, -0.2) is 0 Å². The number of aliphatic hydroxyl groups excluding tert-OH is 2. The summed E-state index contributed by atoms with van der Waals surface area (Å²) in [7, 11) is 0. The van der Waals surface area contributed by atoms with Crippen molar-refractivity contribution < 1.29 is 15.0 Å². The highest BCUT2D eigenvalue weighted by atomic mass is 16.3. The lowest BCUT2D eigenvalue weighted by atomic mass is 10.0. The van der Waals surface area contributed by atoms with Gasteiger partial charge in [0.05, 0.1) is 18.8 Å². The van der Waals surface area contributed by atoms with Crippen LogP contribution in [0.2, 0.25) is 0 Å². The van der Waals surface area contributed by atoms with Gasteiger partial charge >= 0.3 is 0 Å². The molecular formula is C38H75NO3. The molecule has 0 saturated heterocycles. The molecule has 2 unspecified atom stereocenters. The number of carbonyl (C=O) groups excluding carboxylic acids is 1. The van der Waals surface area contributed by atoms with Crippen LogP contribution in [0.3, 0.4) is 0 Å². The number of amides is 1. The number of unbranched alkanes of at least 4 members (excludes halogenated alkanes) is 27. The van der Waals surface area contributed by atoms with Gasteiger partial charge in [-0.05, 0) is 19.3 Å².